The maximum Gasteiger partial charge on any atom is 0.309 e. The third-order valence-corrected chi connectivity index (χ3v) is 14.9. The number of aliphatic hydroxyl groups is 2. The van der Waals surface area contributed by atoms with Crippen molar-refractivity contribution in [2.45, 2.75) is 116 Å². The van der Waals surface area contributed by atoms with Crippen LogP contribution in [0.4, 0.5) is 0 Å². The summed E-state index contributed by atoms with van der Waals surface area (Å²) in [7, 11) is -4.05. The minimum absolute atomic E-state index is 0.124. The molecule has 7 unspecified atom stereocenters. The number of hydrogen-bond acceptors (Lipinski definition) is 9. The molecule has 5 N–H and O–H groups in total. The van der Waals surface area contributed by atoms with Crippen LogP contribution in [0.2, 0.25) is 0 Å². The quantitative estimate of drug-likeness (QED) is 0.0906. The SMILES string of the molecule is CC(CCC(=O)OCOC(=O)CCP(=O)(O)CC(CCC(=O)O)C(=O)O)[C@H]1CCC2C3CCC4C[C@H](O)CC[C@]4(C)C3C[C@H](O)[C@@]21C. The summed E-state index contributed by atoms with van der Waals surface area (Å²) in [5.41, 5.74) is -0.0455. The fourth-order valence-corrected chi connectivity index (χ4v) is 12.0. The molecule has 0 amide bonds. The monoisotopic (exact) mass is 686 g/mol. The van der Waals surface area contributed by atoms with Crippen LogP contribution in [-0.2, 0) is 33.2 Å². The summed E-state index contributed by atoms with van der Waals surface area (Å²) in [5.74, 6) is -2.87. The van der Waals surface area contributed by atoms with Gasteiger partial charge in [-0.1, -0.05) is 20.8 Å². The second kappa shape index (κ2) is 15.3. The van der Waals surface area contributed by atoms with Crippen LogP contribution in [0.25, 0.3) is 0 Å². The van der Waals surface area contributed by atoms with Gasteiger partial charge in [0, 0.05) is 25.2 Å². The topological polar surface area (TPSA) is 205 Å². The molecular weight excluding hydrogens is 631 g/mol. The van der Waals surface area contributed by atoms with Gasteiger partial charge >= 0.3 is 23.9 Å². The van der Waals surface area contributed by atoms with E-state index in [-0.39, 0.29) is 41.6 Å². The Hall–Kier alpha value is -2.01. The zero-order valence-electron chi connectivity index (χ0n) is 28.1. The van der Waals surface area contributed by atoms with Crippen LogP contribution in [0, 0.1) is 52.3 Å². The number of carboxylic acids is 2. The fourth-order valence-electron chi connectivity index (χ4n) is 10.3. The molecule has 0 aromatic rings. The number of carbonyl (C=O) groups excluding carboxylic acids is 2. The largest absolute Gasteiger partial charge is 0.481 e. The zero-order chi connectivity index (χ0) is 34.7. The summed E-state index contributed by atoms with van der Waals surface area (Å²) in [4.78, 5) is 56.8. The van der Waals surface area contributed by atoms with Crippen molar-refractivity contribution in [3.63, 3.8) is 0 Å². The van der Waals surface area contributed by atoms with Gasteiger partial charge in [-0.25, -0.2) is 0 Å². The fraction of sp³-hybridized carbons (Fsp3) is 0.882. The van der Waals surface area contributed by atoms with E-state index in [2.05, 4.69) is 20.8 Å². The molecule has 0 aliphatic heterocycles. The number of carboxylic acid groups (broad SMARTS) is 2. The van der Waals surface area contributed by atoms with E-state index in [0.717, 1.165) is 51.4 Å². The smallest absolute Gasteiger partial charge is 0.309 e. The zero-order valence-corrected chi connectivity index (χ0v) is 28.9. The van der Waals surface area contributed by atoms with Crippen molar-refractivity contribution in [2.75, 3.05) is 19.1 Å². The maximum absolute atomic E-state index is 12.5. The van der Waals surface area contributed by atoms with E-state index in [1.165, 1.54) is 0 Å². The van der Waals surface area contributed by atoms with Crippen LogP contribution >= 0.6 is 7.37 Å². The average Bonchev–Trinajstić information content (AvgIpc) is 3.36. The molecule has 13 heteroatoms. The normalized spacial score (nSPS) is 37.3. The van der Waals surface area contributed by atoms with Crippen LogP contribution in [0.1, 0.15) is 104 Å². The Morgan fingerprint density at radius 3 is 2.21 bits per heavy atom. The van der Waals surface area contributed by atoms with Gasteiger partial charge in [0.1, 0.15) is 0 Å². The first-order chi connectivity index (χ1) is 22.0. The molecule has 47 heavy (non-hydrogen) atoms. The lowest BCUT2D eigenvalue weighted by Crippen LogP contribution is -2.58. The molecule has 4 aliphatic rings. The molecule has 0 aromatic carbocycles. The molecular formula is C34H55O12P. The number of fused-ring (bicyclic) bond motifs is 5. The van der Waals surface area contributed by atoms with Gasteiger partial charge in [0.05, 0.1) is 24.5 Å². The summed E-state index contributed by atoms with van der Waals surface area (Å²) in [6.45, 7) is 6.16. The molecule has 0 spiro atoms. The predicted molar refractivity (Wildman–Crippen MR) is 170 cm³/mol. The highest BCUT2D eigenvalue weighted by molar-refractivity contribution is 7.58. The van der Waals surface area contributed by atoms with E-state index in [1.54, 1.807) is 0 Å². The maximum atomic E-state index is 12.5. The lowest BCUT2D eigenvalue weighted by Gasteiger charge is -2.62. The number of carbonyl (C=O) groups is 4. The lowest BCUT2D eigenvalue weighted by atomic mass is 9.43. The number of ether oxygens (including phenoxy) is 2. The van der Waals surface area contributed by atoms with E-state index >= 15 is 0 Å². The second-order valence-corrected chi connectivity index (χ2v) is 18.0. The molecule has 0 radical (unpaired) electrons. The number of hydrogen-bond donors (Lipinski definition) is 5. The van der Waals surface area contributed by atoms with Crippen molar-refractivity contribution in [3.8, 4) is 0 Å². The van der Waals surface area contributed by atoms with Gasteiger partial charge in [0.25, 0.3) is 0 Å². The summed E-state index contributed by atoms with van der Waals surface area (Å²) in [6, 6.07) is 0. The first-order valence-corrected chi connectivity index (χ1v) is 19.4. The molecule has 0 saturated heterocycles. The van der Waals surface area contributed by atoms with E-state index in [1.807, 2.05) is 0 Å². The molecule has 12 nitrogen and oxygen atoms in total. The molecule has 4 aliphatic carbocycles. The Kier molecular flexibility index (Phi) is 12.3. The Bertz CT molecular complexity index is 1210. The first kappa shape index (κ1) is 37.8. The summed E-state index contributed by atoms with van der Waals surface area (Å²) >= 11 is 0. The average molecular weight is 687 g/mol. The van der Waals surface area contributed by atoms with E-state index < -0.39 is 75.2 Å². The lowest BCUT2D eigenvalue weighted by molar-refractivity contribution is -0.175. The molecule has 0 bridgehead atoms. The minimum atomic E-state index is -4.05. The number of esters is 2. The van der Waals surface area contributed by atoms with Crippen molar-refractivity contribution >= 4 is 31.2 Å². The number of aliphatic hydroxyl groups excluding tert-OH is 2. The van der Waals surface area contributed by atoms with Crippen LogP contribution < -0.4 is 0 Å². The molecule has 4 fully saturated rings. The highest BCUT2D eigenvalue weighted by Crippen LogP contribution is 2.68. The van der Waals surface area contributed by atoms with E-state index in [4.69, 9.17) is 14.6 Å². The number of rotatable bonds is 15. The summed E-state index contributed by atoms with van der Waals surface area (Å²) in [6.07, 6.45) is 5.59. The van der Waals surface area contributed by atoms with Gasteiger partial charge in [-0.05, 0) is 111 Å². The van der Waals surface area contributed by atoms with Crippen molar-refractivity contribution < 1.29 is 58.5 Å². The van der Waals surface area contributed by atoms with E-state index in [9.17, 15) is 44.0 Å². The van der Waals surface area contributed by atoms with Crippen molar-refractivity contribution in [3.05, 3.63) is 0 Å². The van der Waals surface area contributed by atoms with Crippen LogP contribution in [0.5, 0.6) is 0 Å². The predicted octanol–water partition coefficient (Wildman–Crippen LogP) is 4.66. The van der Waals surface area contributed by atoms with Gasteiger partial charge in [0.15, 0.2) is 0 Å². The third-order valence-electron chi connectivity index (χ3n) is 13.0. The highest BCUT2D eigenvalue weighted by Gasteiger charge is 2.63. The number of aliphatic carboxylic acids is 2. The van der Waals surface area contributed by atoms with Crippen LogP contribution in [0.3, 0.4) is 0 Å². The highest BCUT2D eigenvalue weighted by atomic mass is 31.2. The van der Waals surface area contributed by atoms with Crippen molar-refractivity contribution in [2.24, 2.45) is 52.3 Å². The van der Waals surface area contributed by atoms with Gasteiger partial charge in [-0.3, -0.25) is 23.7 Å². The van der Waals surface area contributed by atoms with Crippen molar-refractivity contribution in [1.82, 2.24) is 0 Å². The molecule has 4 rings (SSSR count). The Morgan fingerprint density at radius 2 is 1.55 bits per heavy atom. The Morgan fingerprint density at radius 1 is 0.872 bits per heavy atom. The Labute approximate surface area is 277 Å². The van der Waals surface area contributed by atoms with Crippen LogP contribution in [0.15, 0.2) is 0 Å². The molecule has 268 valence electrons. The third kappa shape index (κ3) is 8.60. The second-order valence-electron chi connectivity index (χ2n) is 15.5. The Balaban J connectivity index is 1.20. The van der Waals surface area contributed by atoms with Crippen LogP contribution in [-0.4, -0.2) is 80.5 Å². The first-order valence-electron chi connectivity index (χ1n) is 17.4. The standard InChI is InChI=1S/C34H55O12P/c1-20(4-11-30(39)45-19-46-31(40)13-15-47(43,44)18-21(32(41)42)5-10-29(37)38)25-8-9-26-24-7-6-22-16-23(35)12-14-33(22,2)27(24)17-28(36)34(25,26)3/h20-28,35-36H,4-19H2,1-3H3,(H,37,38)(H,41,42)(H,43,44)/t20?,21?,22?,23-,24?,25-,26?,27?,28+,33+,34-/m1/s1. The van der Waals surface area contributed by atoms with Crippen molar-refractivity contribution in [1.29, 1.82) is 0 Å². The van der Waals surface area contributed by atoms with Gasteiger partial charge in [-0.15, -0.1) is 0 Å². The van der Waals surface area contributed by atoms with Gasteiger partial charge in [-0.2, -0.15) is 0 Å². The van der Waals surface area contributed by atoms with Gasteiger partial charge in [0.2, 0.25) is 14.2 Å². The molecule has 12 atom stereocenters. The molecule has 4 saturated carbocycles. The molecule has 0 heterocycles. The van der Waals surface area contributed by atoms with E-state index in [0.29, 0.717) is 30.1 Å². The minimum Gasteiger partial charge on any atom is -0.481 e. The summed E-state index contributed by atoms with van der Waals surface area (Å²) in [5, 5.41) is 40.0. The summed E-state index contributed by atoms with van der Waals surface area (Å²) < 4.78 is 22.4. The van der Waals surface area contributed by atoms with Gasteiger partial charge < -0.3 is 34.8 Å². The molecule has 0 aromatic heterocycles.